The molecule has 3 aliphatic heterocycles. The summed E-state index contributed by atoms with van der Waals surface area (Å²) in [6.07, 6.45) is 8.32. The van der Waals surface area contributed by atoms with Gasteiger partial charge in [0.15, 0.2) is 0 Å². The summed E-state index contributed by atoms with van der Waals surface area (Å²) in [6.45, 7) is 3.78. The number of thiophene rings is 1. The van der Waals surface area contributed by atoms with Crippen LogP contribution in [0.15, 0.2) is 17.5 Å². The van der Waals surface area contributed by atoms with Gasteiger partial charge in [0.05, 0.1) is 6.54 Å². The molecule has 23 heavy (non-hydrogen) atoms. The SMILES string of the molecule is O=C(O[N+]12CCC(CC1)CC2)N(Cc1cccs1)C1CCCC1. The lowest BCUT2D eigenvalue weighted by atomic mass is 9.88. The molecule has 1 amide bonds. The van der Waals surface area contributed by atoms with Gasteiger partial charge in [0.2, 0.25) is 0 Å². The van der Waals surface area contributed by atoms with Crippen molar-refractivity contribution < 1.29 is 14.3 Å². The van der Waals surface area contributed by atoms with Gasteiger partial charge in [0.1, 0.15) is 19.6 Å². The third kappa shape index (κ3) is 3.26. The number of fused-ring (bicyclic) bond motifs is 3. The molecule has 3 saturated heterocycles. The number of hydrogen-bond acceptors (Lipinski definition) is 3. The summed E-state index contributed by atoms with van der Waals surface area (Å²) < 4.78 is 0.586. The molecule has 4 aliphatic rings. The highest BCUT2D eigenvalue weighted by Gasteiger charge is 2.45. The first kappa shape index (κ1) is 15.5. The maximum atomic E-state index is 13.0. The summed E-state index contributed by atoms with van der Waals surface area (Å²) in [5, 5.41) is 2.09. The molecular weight excluding hydrogens is 308 g/mol. The van der Waals surface area contributed by atoms with E-state index in [-0.39, 0.29) is 6.09 Å². The Morgan fingerprint density at radius 2 is 1.87 bits per heavy atom. The molecule has 0 spiro atoms. The molecule has 2 bridgehead atoms. The zero-order valence-corrected chi connectivity index (χ0v) is 14.6. The maximum absolute atomic E-state index is 13.0. The molecule has 1 saturated carbocycles. The van der Waals surface area contributed by atoms with Crippen LogP contribution in [0.25, 0.3) is 0 Å². The molecule has 0 aromatic carbocycles. The predicted octanol–water partition coefficient (Wildman–Crippen LogP) is 4.17. The van der Waals surface area contributed by atoms with E-state index in [1.807, 2.05) is 4.90 Å². The quantitative estimate of drug-likeness (QED) is 0.773. The molecule has 0 atom stereocenters. The van der Waals surface area contributed by atoms with Gasteiger partial charge >= 0.3 is 6.09 Å². The molecule has 5 rings (SSSR count). The first-order chi connectivity index (χ1) is 11.2. The fraction of sp³-hybridized carbons (Fsp3) is 0.722. The third-order valence-electron chi connectivity index (χ3n) is 6.01. The van der Waals surface area contributed by atoms with Crippen molar-refractivity contribution in [2.75, 3.05) is 19.6 Å². The molecule has 0 N–H and O–H groups in total. The topological polar surface area (TPSA) is 29.5 Å². The normalized spacial score (nSPS) is 30.5. The van der Waals surface area contributed by atoms with Gasteiger partial charge in [-0.05, 0) is 30.2 Å². The second-order valence-corrected chi connectivity index (χ2v) is 8.50. The number of hydrogen-bond donors (Lipinski definition) is 0. The van der Waals surface area contributed by atoms with Gasteiger partial charge < -0.3 is 0 Å². The van der Waals surface area contributed by atoms with E-state index in [0.717, 1.165) is 38.4 Å². The highest BCUT2D eigenvalue weighted by atomic mass is 32.1. The van der Waals surface area contributed by atoms with Gasteiger partial charge in [-0.25, -0.2) is 4.79 Å². The number of rotatable bonds is 4. The van der Waals surface area contributed by atoms with Gasteiger partial charge in [-0.1, -0.05) is 18.9 Å². The number of amides is 1. The van der Waals surface area contributed by atoms with Crippen molar-refractivity contribution in [1.82, 2.24) is 4.90 Å². The van der Waals surface area contributed by atoms with E-state index >= 15 is 0 Å². The first-order valence-electron chi connectivity index (χ1n) is 9.13. The third-order valence-corrected chi connectivity index (χ3v) is 6.87. The van der Waals surface area contributed by atoms with Gasteiger partial charge in [-0.15, -0.1) is 16.0 Å². The van der Waals surface area contributed by atoms with Crippen LogP contribution in [0.5, 0.6) is 0 Å². The second-order valence-electron chi connectivity index (χ2n) is 7.46. The van der Waals surface area contributed by atoms with E-state index < -0.39 is 0 Å². The molecular formula is C18H27N2O2S+. The Morgan fingerprint density at radius 1 is 1.17 bits per heavy atom. The van der Waals surface area contributed by atoms with Crippen molar-refractivity contribution in [3.8, 4) is 0 Å². The largest absolute Gasteiger partial charge is 0.464 e. The lowest BCUT2D eigenvalue weighted by molar-refractivity contribution is -1.10. The Balaban J connectivity index is 1.47. The van der Waals surface area contributed by atoms with Crippen molar-refractivity contribution in [3.05, 3.63) is 22.4 Å². The van der Waals surface area contributed by atoms with Crippen molar-refractivity contribution in [3.63, 3.8) is 0 Å². The first-order valence-corrected chi connectivity index (χ1v) is 10.0. The standard InChI is InChI=1S/C18H27N2O2S/c21-18(22-20-10-7-15(8-11-20)9-12-20)19(16-4-1-2-5-16)14-17-6-3-13-23-17/h3,6,13,15-16H,1-2,4-5,7-12,14H2/q+1. The maximum Gasteiger partial charge on any atom is 0.464 e. The molecule has 4 fully saturated rings. The Hall–Kier alpha value is -1.07. The fourth-order valence-electron chi connectivity index (χ4n) is 4.51. The second kappa shape index (κ2) is 6.44. The Labute approximate surface area is 142 Å². The Morgan fingerprint density at radius 3 is 2.48 bits per heavy atom. The number of quaternary nitrogens is 1. The number of carbonyl (C=O) groups is 1. The van der Waals surface area contributed by atoms with Crippen molar-refractivity contribution >= 4 is 17.4 Å². The lowest BCUT2D eigenvalue weighted by Gasteiger charge is -2.45. The van der Waals surface area contributed by atoms with Crippen LogP contribution in [-0.4, -0.2) is 41.3 Å². The fourth-order valence-corrected chi connectivity index (χ4v) is 5.21. The molecule has 1 aromatic rings. The predicted molar refractivity (Wildman–Crippen MR) is 90.8 cm³/mol. The zero-order valence-electron chi connectivity index (χ0n) is 13.8. The smallest absolute Gasteiger partial charge is 0.296 e. The number of hydroxylamine groups is 3. The minimum atomic E-state index is -0.0781. The van der Waals surface area contributed by atoms with Crippen LogP contribution in [0.1, 0.15) is 49.8 Å². The van der Waals surface area contributed by atoms with Crippen LogP contribution in [0, 0.1) is 5.92 Å². The number of nitrogens with zero attached hydrogens (tertiary/aromatic N) is 2. The Bertz CT molecular complexity index is 517. The summed E-state index contributed by atoms with van der Waals surface area (Å²) in [6, 6.07) is 4.55. The molecule has 126 valence electrons. The summed E-state index contributed by atoms with van der Waals surface area (Å²) in [5.41, 5.74) is 0. The van der Waals surface area contributed by atoms with E-state index in [0.29, 0.717) is 17.2 Å². The van der Waals surface area contributed by atoms with E-state index in [1.54, 1.807) is 11.3 Å². The monoisotopic (exact) mass is 335 g/mol. The summed E-state index contributed by atoms with van der Waals surface area (Å²) in [5.74, 6) is 0.880. The molecule has 5 heteroatoms. The molecule has 0 radical (unpaired) electrons. The van der Waals surface area contributed by atoms with E-state index in [9.17, 15) is 4.79 Å². The number of piperidine rings is 3. The molecule has 1 aromatic heterocycles. The highest BCUT2D eigenvalue weighted by molar-refractivity contribution is 7.09. The molecule has 1 aliphatic carbocycles. The van der Waals surface area contributed by atoms with Crippen molar-refractivity contribution in [2.45, 2.75) is 57.5 Å². The van der Waals surface area contributed by atoms with Crippen LogP contribution in [0.2, 0.25) is 0 Å². The van der Waals surface area contributed by atoms with Crippen LogP contribution in [-0.2, 0) is 11.4 Å². The van der Waals surface area contributed by atoms with Crippen molar-refractivity contribution in [1.29, 1.82) is 0 Å². The minimum Gasteiger partial charge on any atom is -0.296 e. The van der Waals surface area contributed by atoms with Crippen LogP contribution in [0.4, 0.5) is 4.79 Å². The van der Waals surface area contributed by atoms with E-state index in [2.05, 4.69) is 17.5 Å². The zero-order chi connectivity index (χ0) is 15.7. The average molecular weight is 335 g/mol. The minimum absolute atomic E-state index is 0.0781. The summed E-state index contributed by atoms with van der Waals surface area (Å²) in [7, 11) is 0. The van der Waals surface area contributed by atoms with Gasteiger partial charge in [0, 0.05) is 30.2 Å². The highest BCUT2D eigenvalue weighted by Crippen LogP contribution is 2.35. The van der Waals surface area contributed by atoms with E-state index in [1.165, 1.54) is 37.0 Å². The summed E-state index contributed by atoms with van der Waals surface area (Å²) >= 11 is 1.73. The van der Waals surface area contributed by atoms with Gasteiger partial charge in [-0.2, -0.15) is 0 Å². The Kier molecular flexibility index (Phi) is 4.33. The van der Waals surface area contributed by atoms with Crippen molar-refractivity contribution in [2.24, 2.45) is 5.92 Å². The van der Waals surface area contributed by atoms with Gasteiger partial charge in [0.25, 0.3) is 0 Å². The summed E-state index contributed by atoms with van der Waals surface area (Å²) in [4.78, 5) is 22.4. The van der Waals surface area contributed by atoms with Crippen LogP contribution < -0.4 is 0 Å². The lowest BCUT2D eigenvalue weighted by Crippen LogP contribution is -2.60. The number of carbonyl (C=O) groups excluding carboxylic acids is 1. The average Bonchev–Trinajstić information content (AvgIpc) is 3.27. The van der Waals surface area contributed by atoms with Gasteiger partial charge in [-0.3, -0.25) is 9.74 Å². The molecule has 4 heterocycles. The van der Waals surface area contributed by atoms with Crippen LogP contribution >= 0.6 is 11.3 Å². The molecule has 0 unspecified atom stereocenters. The van der Waals surface area contributed by atoms with Crippen LogP contribution in [0.3, 0.4) is 0 Å². The molecule has 4 nitrogen and oxygen atoms in total. The van der Waals surface area contributed by atoms with E-state index in [4.69, 9.17) is 4.84 Å².